The lowest BCUT2D eigenvalue weighted by Crippen LogP contribution is -2.46. The molecule has 1 aliphatic carbocycles. The SMILES string of the molecule is C#CCCC(O)[C@H](CC1CCCCC1)NC(=C)C(CC#C)NC[C@H](C)CS. The summed E-state index contributed by atoms with van der Waals surface area (Å²) in [5.41, 5.74) is 0.861. The van der Waals surface area contributed by atoms with E-state index in [1.165, 1.54) is 32.1 Å². The molecule has 1 saturated carbocycles. The van der Waals surface area contributed by atoms with Gasteiger partial charge in [-0.3, -0.25) is 0 Å². The van der Waals surface area contributed by atoms with Crippen LogP contribution < -0.4 is 10.6 Å². The van der Waals surface area contributed by atoms with E-state index < -0.39 is 6.10 Å². The van der Waals surface area contributed by atoms with E-state index in [-0.39, 0.29) is 12.1 Å². The largest absolute Gasteiger partial charge is 0.391 e. The Bertz CT molecular complexity index is 501. The third-order valence-corrected chi connectivity index (χ3v) is 6.12. The van der Waals surface area contributed by atoms with Gasteiger partial charge in [0.1, 0.15) is 0 Å². The first-order valence-corrected chi connectivity index (χ1v) is 11.0. The molecule has 27 heavy (non-hydrogen) atoms. The van der Waals surface area contributed by atoms with Gasteiger partial charge in [-0.2, -0.15) is 12.6 Å². The average Bonchev–Trinajstić information content (AvgIpc) is 2.69. The van der Waals surface area contributed by atoms with Crippen LogP contribution in [0.3, 0.4) is 0 Å². The van der Waals surface area contributed by atoms with Gasteiger partial charge in [-0.15, -0.1) is 24.7 Å². The molecule has 1 rings (SSSR count). The maximum Gasteiger partial charge on any atom is 0.0750 e. The molecule has 0 aliphatic heterocycles. The maximum absolute atomic E-state index is 10.7. The minimum Gasteiger partial charge on any atom is -0.391 e. The molecule has 0 aromatic heterocycles. The molecule has 3 N–H and O–H groups in total. The van der Waals surface area contributed by atoms with Crippen LogP contribution in [0.5, 0.6) is 0 Å². The van der Waals surface area contributed by atoms with Crippen LogP contribution in [0.4, 0.5) is 0 Å². The second-order valence-electron chi connectivity index (χ2n) is 7.98. The topological polar surface area (TPSA) is 44.3 Å². The van der Waals surface area contributed by atoms with Crippen LogP contribution in [0.25, 0.3) is 0 Å². The molecule has 1 aliphatic rings. The highest BCUT2D eigenvalue weighted by Gasteiger charge is 2.26. The van der Waals surface area contributed by atoms with Crippen molar-refractivity contribution in [2.24, 2.45) is 11.8 Å². The lowest BCUT2D eigenvalue weighted by molar-refractivity contribution is 0.105. The molecule has 0 amide bonds. The summed E-state index contributed by atoms with van der Waals surface area (Å²) in [5.74, 6) is 7.32. The molecular weight excluding hydrogens is 352 g/mol. The van der Waals surface area contributed by atoms with Crippen molar-refractivity contribution in [3.8, 4) is 24.7 Å². The summed E-state index contributed by atoms with van der Waals surface area (Å²) in [4.78, 5) is 0. The van der Waals surface area contributed by atoms with Gasteiger partial charge >= 0.3 is 0 Å². The van der Waals surface area contributed by atoms with Crippen molar-refractivity contribution in [2.75, 3.05) is 12.3 Å². The Kier molecular flexibility index (Phi) is 12.4. The van der Waals surface area contributed by atoms with Crippen LogP contribution in [-0.4, -0.2) is 35.6 Å². The Morgan fingerprint density at radius 3 is 2.56 bits per heavy atom. The van der Waals surface area contributed by atoms with E-state index in [2.05, 4.69) is 48.6 Å². The summed E-state index contributed by atoms with van der Waals surface area (Å²) in [6.45, 7) is 7.22. The second-order valence-corrected chi connectivity index (χ2v) is 8.35. The van der Waals surface area contributed by atoms with Crippen molar-refractivity contribution in [1.82, 2.24) is 10.6 Å². The van der Waals surface area contributed by atoms with Crippen molar-refractivity contribution >= 4 is 12.6 Å². The highest BCUT2D eigenvalue weighted by molar-refractivity contribution is 7.80. The number of thiol groups is 1. The normalized spacial score (nSPS) is 19.3. The van der Waals surface area contributed by atoms with Crippen molar-refractivity contribution in [3.63, 3.8) is 0 Å². The number of nitrogens with one attached hydrogen (secondary N) is 2. The molecule has 0 aromatic rings. The summed E-state index contributed by atoms with van der Waals surface area (Å²) in [7, 11) is 0. The van der Waals surface area contributed by atoms with Gasteiger partial charge < -0.3 is 15.7 Å². The Morgan fingerprint density at radius 1 is 1.26 bits per heavy atom. The molecule has 0 radical (unpaired) electrons. The molecule has 0 heterocycles. The van der Waals surface area contributed by atoms with Crippen molar-refractivity contribution < 1.29 is 5.11 Å². The first-order chi connectivity index (χ1) is 13.0. The minimum atomic E-state index is -0.470. The maximum atomic E-state index is 10.7. The molecule has 0 aromatic carbocycles. The molecule has 1 fully saturated rings. The summed E-state index contributed by atoms with van der Waals surface area (Å²) < 4.78 is 0. The van der Waals surface area contributed by atoms with Crippen molar-refractivity contribution in [1.29, 1.82) is 0 Å². The number of aliphatic hydroxyl groups excluding tert-OH is 1. The van der Waals surface area contributed by atoms with Gasteiger partial charge in [-0.1, -0.05) is 45.6 Å². The predicted octanol–water partition coefficient (Wildman–Crippen LogP) is 3.75. The molecule has 3 nitrogen and oxygen atoms in total. The van der Waals surface area contributed by atoms with E-state index in [1.807, 2.05) is 0 Å². The number of hydrogen-bond donors (Lipinski definition) is 4. The lowest BCUT2D eigenvalue weighted by atomic mass is 9.83. The number of rotatable bonds is 13. The van der Waals surface area contributed by atoms with E-state index in [0.29, 0.717) is 31.1 Å². The number of hydrogen-bond acceptors (Lipinski definition) is 4. The molecule has 4 atom stereocenters. The van der Waals surface area contributed by atoms with E-state index in [0.717, 1.165) is 24.4 Å². The first kappa shape index (κ1) is 24.0. The third kappa shape index (κ3) is 9.61. The summed E-state index contributed by atoms with van der Waals surface area (Å²) >= 11 is 4.34. The Labute approximate surface area is 172 Å². The zero-order valence-corrected chi connectivity index (χ0v) is 17.8. The summed E-state index contributed by atoms with van der Waals surface area (Å²) in [6, 6.07) is -0.0376. The van der Waals surface area contributed by atoms with E-state index in [1.54, 1.807) is 0 Å². The molecule has 0 spiro atoms. The monoisotopic (exact) mass is 390 g/mol. The summed E-state index contributed by atoms with van der Waals surface area (Å²) in [5, 5.41) is 17.7. The van der Waals surface area contributed by atoms with Crippen LogP contribution >= 0.6 is 12.6 Å². The van der Waals surface area contributed by atoms with Gasteiger partial charge in [0.2, 0.25) is 0 Å². The van der Waals surface area contributed by atoms with Crippen molar-refractivity contribution in [3.05, 3.63) is 12.3 Å². The lowest BCUT2D eigenvalue weighted by Gasteiger charge is -2.33. The molecule has 0 bridgehead atoms. The number of aliphatic hydroxyl groups is 1. The van der Waals surface area contributed by atoms with Gasteiger partial charge in [0.25, 0.3) is 0 Å². The van der Waals surface area contributed by atoms with Crippen LogP contribution in [0.1, 0.15) is 64.7 Å². The second kappa shape index (κ2) is 14.0. The van der Waals surface area contributed by atoms with E-state index >= 15 is 0 Å². The van der Waals surface area contributed by atoms with Gasteiger partial charge in [-0.05, 0) is 37.0 Å². The fourth-order valence-electron chi connectivity index (χ4n) is 3.71. The van der Waals surface area contributed by atoms with Gasteiger partial charge in [0.15, 0.2) is 0 Å². The van der Waals surface area contributed by atoms with Crippen LogP contribution in [0.15, 0.2) is 12.3 Å². The Morgan fingerprint density at radius 2 is 1.96 bits per heavy atom. The Hall–Kier alpha value is -1.07. The van der Waals surface area contributed by atoms with E-state index in [4.69, 9.17) is 12.8 Å². The molecule has 152 valence electrons. The van der Waals surface area contributed by atoms with Crippen LogP contribution in [0.2, 0.25) is 0 Å². The summed E-state index contributed by atoms with van der Waals surface area (Å²) in [6.07, 6.45) is 19.6. The number of terminal acetylenes is 2. The molecular formula is C23H38N2OS. The quantitative estimate of drug-likeness (QED) is 0.286. The highest BCUT2D eigenvalue weighted by Crippen LogP contribution is 2.29. The third-order valence-electron chi connectivity index (χ3n) is 5.50. The zero-order valence-electron chi connectivity index (χ0n) is 16.9. The van der Waals surface area contributed by atoms with Gasteiger partial charge in [-0.25, -0.2) is 0 Å². The first-order valence-electron chi connectivity index (χ1n) is 10.4. The molecule has 0 saturated heterocycles. The average molecular weight is 391 g/mol. The van der Waals surface area contributed by atoms with Gasteiger partial charge in [0.05, 0.1) is 18.2 Å². The Balaban J connectivity index is 2.72. The predicted molar refractivity (Wildman–Crippen MR) is 120 cm³/mol. The molecule has 4 heteroatoms. The highest BCUT2D eigenvalue weighted by atomic mass is 32.1. The molecule has 2 unspecified atom stereocenters. The standard InChI is InChI=1S/C23H38N2OS/c1-5-7-14-23(26)22(15-20-12-9-8-10-13-20)25-19(4)21(11-6-2)24-16-18(3)17-27/h1-2,18,20-27H,4,7-17H2,3H3/t18-,21?,22-,23?/m0/s1. The van der Waals surface area contributed by atoms with Crippen LogP contribution in [-0.2, 0) is 0 Å². The van der Waals surface area contributed by atoms with Gasteiger partial charge in [0, 0.05) is 18.5 Å². The smallest absolute Gasteiger partial charge is 0.0750 e. The fraction of sp³-hybridized carbons (Fsp3) is 0.739. The fourth-order valence-corrected chi connectivity index (χ4v) is 3.84. The van der Waals surface area contributed by atoms with E-state index in [9.17, 15) is 5.11 Å². The zero-order chi connectivity index (χ0) is 20.1. The van der Waals surface area contributed by atoms with Crippen molar-refractivity contribution in [2.45, 2.75) is 82.9 Å². The minimum absolute atomic E-state index is 0.00831. The van der Waals surface area contributed by atoms with Crippen LogP contribution in [0, 0.1) is 36.5 Å².